The van der Waals surface area contributed by atoms with E-state index >= 15 is 0 Å². The zero-order chi connectivity index (χ0) is 34.9. The van der Waals surface area contributed by atoms with Crippen molar-refractivity contribution in [3.8, 4) is 22.6 Å². The van der Waals surface area contributed by atoms with Crippen molar-refractivity contribution in [2.24, 2.45) is 0 Å². The van der Waals surface area contributed by atoms with Crippen LogP contribution in [0.4, 0.5) is 17.1 Å². The van der Waals surface area contributed by atoms with Crippen molar-refractivity contribution in [1.29, 1.82) is 0 Å². The monoisotopic (exact) mass is 678 g/mol. The number of rotatable bonds is 5. The molecule has 0 saturated carbocycles. The van der Waals surface area contributed by atoms with E-state index in [1.165, 1.54) is 21.9 Å². The summed E-state index contributed by atoms with van der Waals surface area (Å²) in [6, 6.07) is 64.0. The lowest BCUT2D eigenvalue weighted by molar-refractivity contribution is 0.623. The third-order valence-electron chi connectivity index (χ3n) is 10.5. The zero-order valence-corrected chi connectivity index (χ0v) is 28.5. The molecule has 0 N–H and O–H groups in total. The van der Waals surface area contributed by atoms with Crippen LogP contribution in [0.15, 0.2) is 191 Å². The van der Waals surface area contributed by atoms with E-state index in [1.807, 2.05) is 30.3 Å². The van der Waals surface area contributed by atoms with E-state index < -0.39 is 0 Å². The van der Waals surface area contributed by atoms with E-state index in [4.69, 9.17) is 13.8 Å². The van der Waals surface area contributed by atoms with Crippen molar-refractivity contribution in [1.82, 2.24) is 4.98 Å². The van der Waals surface area contributed by atoms with E-state index in [0.29, 0.717) is 5.89 Å². The first-order chi connectivity index (χ1) is 26.2. The maximum absolute atomic E-state index is 6.58. The minimum absolute atomic E-state index is 0.620. The molecule has 0 aliphatic carbocycles. The third kappa shape index (κ3) is 4.80. The minimum atomic E-state index is 0.620. The highest BCUT2D eigenvalue weighted by atomic mass is 16.3. The van der Waals surface area contributed by atoms with E-state index in [1.54, 1.807) is 0 Å². The Morgan fingerprint density at radius 3 is 1.79 bits per heavy atom. The lowest BCUT2D eigenvalue weighted by Gasteiger charge is -2.26. The second-order valence-electron chi connectivity index (χ2n) is 13.6. The Labute approximate surface area is 304 Å². The molecular formula is C49H30N2O2. The van der Waals surface area contributed by atoms with Gasteiger partial charge in [0.2, 0.25) is 5.89 Å². The first kappa shape index (κ1) is 29.5. The van der Waals surface area contributed by atoms with Crippen molar-refractivity contribution < 1.29 is 8.83 Å². The molecule has 248 valence electrons. The highest BCUT2D eigenvalue weighted by Crippen LogP contribution is 2.43. The number of fused-ring (bicyclic) bond motifs is 10. The molecule has 0 fully saturated rings. The van der Waals surface area contributed by atoms with E-state index in [2.05, 4.69) is 157 Å². The van der Waals surface area contributed by atoms with Crippen molar-refractivity contribution in [3.63, 3.8) is 0 Å². The standard InChI is InChI=1S/C49H30N2O2/c1-3-9-31(10-4-1)32-17-22-37(23-18-32)51(39-25-28-44-42(30-39)47-40-14-8-7-11-33(40)21-27-45(47)52-44)38-24-19-34-15-16-35-20-26-43-48(46(35)41(34)29-38)53-49(50-43)36-12-5-2-6-13-36/h1-30H. The molecule has 4 nitrogen and oxygen atoms in total. The van der Waals surface area contributed by atoms with Gasteiger partial charge in [0.1, 0.15) is 16.7 Å². The summed E-state index contributed by atoms with van der Waals surface area (Å²) in [6.45, 7) is 0. The number of oxazole rings is 1. The summed E-state index contributed by atoms with van der Waals surface area (Å²) in [5.41, 5.74) is 9.83. The predicted octanol–water partition coefficient (Wildman–Crippen LogP) is 14.0. The van der Waals surface area contributed by atoms with Gasteiger partial charge >= 0.3 is 0 Å². The number of hydrogen-bond acceptors (Lipinski definition) is 4. The van der Waals surface area contributed by atoms with Crippen molar-refractivity contribution in [3.05, 3.63) is 182 Å². The first-order valence-corrected chi connectivity index (χ1v) is 17.9. The third-order valence-corrected chi connectivity index (χ3v) is 10.5. The van der Waals surface area contributed by atoms with E-state index in [9.17, 15) is 0 Å². The van der Waals surface area contributed by atoms with Gasteiger partial charge in [-0.3, -0.25) is 0 Å². The summed E-state index contributed by atoms with van der Waals surface area (Å²) in [6.07, 6.45) is 0. The predicted molar refractivity (Wildman–Crippen MR) is 219 cm³/mol. The molecule has 0 atom stereocenters. The number of benzene rings is 9. The SMILES string of the molecule is c1ccc(-c2ccc(N(c3ccc4oc5ccc6ccccc6c5c4c3)c3ccc4ccc5ccc6nc(-c7ccccc7)oc6c5c4c3)cc2)cc1. The van der Waals surface area contributed by atoms with Crippen molar-refractivity contribution >= 4 is 82.4 Å². The van der Waals surface area contributed by atoms with Gasteiger partial charge in [0.25, 0.3) is 0 Å². The zero-order valence-electron chi connectivity index (χ0n) is 28.5. The normalized spacial score (nSPS) is 11.8. The molecule has 0 bridgehead atoms. The van der Waals surface area contributed by atoms with Crippen LogP contribution in [0.5, 0.6) is 0 Å². The largest absolute Gasteiger partial charge is 0.456 e. The van der Waals surface area contributed by atoms with Gasteiger partial charge in [0.15, 0.2) is 5.58 Å². The molecule has 11 aromatic rings. The van der Waals surface area contributed by atoms with Crippen molar-refractivity contribution in [2.75, 3.05) is 4.90 Å². The molecular weight excluding hydrogens is 649 g/mol. The maximum Gasteiger partial charge on any atom is 0.227 e. The van der Waals surface area contributed by atoms with Crippen LogP contribution >= 0.6 is 0 Å². The molecule has 0 aliphatic rings. The fourth-order valence-corrected chi connectivity index (χ4v) is 7.91. The fraction of sp³-hybridized carbons (Fsp3) is 0. The highest BCUT2D eigenvalue weighted by molar-refractivity contribution is 6.20. The van der Waals surface area contributed by atoms with Crippen LogP contribution in [-0.2, 0) is 0 Å². The average molecular weight is 679 g/mol. The Morgan fingerprint density at radius 1 is 0.377 bits per heavy atom. The Kier molecular flexibility index (Phi) is 6.52. The molecule has 0 spiro atoms. The number of furan rings is 1. The van der Waals surface area contributed by atoms with Gasteiger partial charge in [-0.15, -0.1) is 0 Å². The molecule has 0 aliphatic heterocycles. The Balaban J connectivity index is 1.14. The number of hydrogen-bond donors (Lipinski definition) is 0. The quantitative estimate of drug-likeness (QED) is 0.170. The summed E-state index contributed by atoms with van der Waals surface area (Å²) in [5, 5.41) is 8.99. The van der Waals surface area contributed by atoms with Crippen LogP contribution in [0.25, 0.3) is 87.9 Å². The van der Waals surface area contributed by atoms with Gasteiger partial charge in [0.05, 0.1) is 0 Å². The molecule has 4 heteroatoms. The highest BCUT2D eigenvalue weighted by Gasteiger charge is 2.19. The summed E-state index contributed by atoms with van der Waals surface area (Å²) in [7, 11) is 0. The van der Waals surface area contributed by atoms with Gasteiger partial charge in [-0.1, -0.05) is 115 Å². The summed E-state index contributed by atoms with van der Waals surface area (Å²) in [5.74, 6) is 0.620. The number of nitrogens with zero attached hydrogens (tertiary/aromatic N) is 2. The van der Waals surface area contributed by atoms with Crippen LogP contribution < -0.4 is 4.90 Å². The van der Waals surface area contributed by atoms with Gasteiger partial charge in [-0.2, -0.15) is 0 Å². The Morgan fingerprint density at radius 2 is 0.962 bits per heavy atom. The number of anilines is 3. The lowest BCUT2D eigenvalue weighted by Crippen LogP contribution is -2.09. The molecule has 53 heavy (non-hydrogen) atoms. The van der Waals surface area contributed by atoms with Gasteiger partial charge in [-0.05, 0) is 105 Å². The van der Waals surface area contributed by atoms with E-state index in [0.717, 1.165) is 77.2 Å². The lowest BCUT2D eigenvalue weighted by atomic mass is 9.99. The minimum Gasteiger partial charge on any atom is -0.456 e. The second kappa shape index (κ2) is 11.7. The first-order valence-electron chi connectivity index (χ1n) is 17.9. The fourth-order valence-electron chi connectivity index (χ4n) is 7.91. The number of aromatic nitrogens is 1. The van der Waals surface area contributed by atoms with Gasteiger partial charge < -0.3 is 13.7 Å². The van der Waals surface area contributed by atoms with Gasteiger partial charge in [0, 0.05) is 38.8 Å². The van der Waals surface area contributed by atoms with Crippen molar-refractivity contribution in [2.45, 2.75) is 0 Å². The average Bonchev–Trinajstić information content (AvgIpc) is 3.84. The van der Waals surface area contributed by atoms with E-state index in [-0.39, 0.29) is 0 Å². The molecule has 2 heterocycles. The smallest absolute Gasteiger partial charge is 0.227 e. The molecule has 0 amide bonds. The van der Waals surface area contributed by atoms with Gasteiger partial charge in [-0.25, -0.2) is 4.98 Å². The molecule has 0 saturated heterocycles. The Bertz CT molecular complexity index is 3160. The summed E-state index contributed by atoms with van der Waals surface area (Å²) >= 11 is 0. The van der Waals surface area contributed by atoms with Crippen LogP contribution in [0.2, 0.25) is 0 Å². The molecule has 9 aromatic carbocycles. The van der Waals surface area contributed by atoms with Crippen LogP contribution in [0.1, 0.15) is 0 Å². The maximum atomic E-state index is 6.58. The molecule has 0 radical (unpaired) electrons. The molecule has 0 unspecified atom stereocenters. The summed E-state index contributed by atoms with van der Waals surface area (Å²) < 4.78 is 13.0. The molecule has 2 aromatic heterocycles. The molecule has 11 rings (SSSR count). The topological polar surface area (TPSA) is 42.4 Å². The van der Waals surface area contributed by atoms with Crippen LogP contribution in [0.3, 0.4) is 0 Å². The van der Waals surface area contributed by atoms with Crippen LogP contribution in [-0.4, -0.2) is 4.98 Å². The Hall–Kier alpha value is -7.17. The van der Waals surface area contributed by atoms with Crippen LogP contribution in [0, 0.1) is 0 Å². The second-order valence-corrected chi connectivity index (χ2v) is 13.6. The summed E-state index contributed by atoms with van der Waals surface area (Å²) in [4.78, 5) is 7.25.